The fraction of sp³-hybridized carbons (Fsp3) is 0.647. The Morgan fingerprint density at radius 1 is 1.25 bits per heavy atom. The van der Waals surface area contributed by atoms with Gasteiger partial charge in [0.05, 0.1) is 0 Å². The average Bonchev–Trinajstić information content (AvgIpc) is 2.49. The van der Waals surface area contributed by atoms with Gasteiger partial charge in [0, 0.05) is 38.3 Å². The first-order valence-electron chi connectivity index (χ1n) is 7.66. The van der Waals surface area contributed by atoms with Crippen molar-refractivity contribution < 1.29 is 4.74 Å². The zero-order chi connectivity index (χ0) is 14.4. The summed E-state index contributed by atoms with van der Waals surface area (Å²) in [6, 6.07) is 10.6. The second-order valence-corrected chi connectivity index (χ2v) is 6.38. The van der Waals surface area contributed by atoms with Gasteiger partial charge in [0.1, 0.15) is 0 Å². The molecule has 1 saturated heterocycles. The molecule has 2 rings (SSSR count). The molecule has 2 N–H and O–H groups in total. The lowest BCUT2D eigenvalue weighted by Crippen LogP contribution is -2.44. The zero-order valence-electron chi connectivity index (χ0n) is 12.8. The predicted molar refractivity (Wildman–Crippen MR) is 83.9 cm³/mol. The molecule has 3 heteroatoms. The molecule has 0 amide bonds. The molecule has 1 heterocycles. The van der Waals surface area contributed by atoms with Gasteiger partial charge in [0.25, 0.3) is 0 Å². The summed E-state index contributed by atoms with van der Waals surface area (Å²) >= 11 is 0. The first-order chi connectivity index (χ1) is 9.64. The Kier molecular flexibility index (Phi) is 5.58. The van der Waals surface area contributed by atoms with Crippen LogP contribution >= 0.6 is 0 Å². The molecule has 0 radical (unpaired) electrons. The Bertz CT molecular complexity index is 389. The van der Waals surface area contributed by atoms with Crippen LogP contribution in [-0.2, 0) is 10.2 Å². The quantitative estimate of drug-likeness (QED) is 0.866. The molecule has 1 aliphatic rings. The number of hydrogen-bond donors (Lipinski definition) is 1. The average molecular weight is 276 g/mol. The van der Waals surface area contributed by atoms with Crippen LogP contribution < -0.4 is 5.73 Å². The Morgan fingerprint density at radius 2 is 1.90 bits per heavy atom. The van der Waals surface area contributed by atoms with E-state index >= 15 is 0 Å². The van der Waals surface area contributed by atoms with Crippen molar-refractivity contribution in [3.63, 3.8) is 0 Å². The molecule has 0 spiro atoms. The van der Waals surface area contributed by atoms with Crippen molar-refractivity contribution in [2.24, 2.45) is 11.7 Å². The lowest BCUT2D eigenvalue weighted by molar-refractivity contribution is 0.0535. The highest BCUT2D eigenvalue weighted by Crippen LogP contribution is 2.24. The number of likely N-dealkylation sites (N-methyl/N-ethyl adjacent to an activating group) is 1. The van der Waals surface area contributed by atoms with E-state index in [1.165, 1.54) is 18.4 Å². The number of ether oxygens (including phenoxy) is 1. The fourth-order valence-electron chi connectivity index (χ4n) is 3.14. The smallest absolute Gasteiger partial charge is 0.0469 e. The third kappa shape index (κ3) is 4.05. The summed E-state index contributed by atoms with van der Waals surface area (Å²) < 4.78 is 5.43. The van der Waals surface area contributed by atoms with E-state index in [0.717, 1.165) is 32.2 Å². The largest absolute Gasteiger partial charge is 0.381 e. The van der Waals surface area contributed by atoms with Gasteiger partial charge >= 0.3 is 0 Å². The number of nitrogens with zero attached hydrogens (tertiary/aromatic N) is 1. The molecule has 20 heavy (non-hydrogen) atoms. The van der Waals surface area contributed by atoms with E-state index in [-0.39, 0.29) is 5.41 Å². The van der Waals surface area contributed by atoms with Gasteiger partial charge in [-0.2, -0.15) is 0 Å². The number of nitrogens with two attached hydrogens (primary N) is 1. The molecule has 0 aromatic heterocycles. The van der Waals surface area contributed by atoms with Crippen molar-refractivity contribution in [3.8, 4) is 0 Å². The lowest BCUT2D eigenvalue weighted by Gasteiger charge is -2.35. The summed E-state index contributed by atoms with van der Waals surface area (Å²) in [5.74, 6) is 0.770. The van der Waals surface area contributed by atoms with E-state index in [1.54, 1.807) is 0 Å². The number of rotatable bonds is 6. The van der Waals surface area contributed by atoms with Crippen molar-refractivity contribution in [2.75, 3.05) is 39.9 Å². The van der Waals surface area contributed by atoms with E-state index in [0.29, 0.717) is 6.54 Å². The topological polar surface area (TPSA) is 38.5 Å². The summed E-state index contributed by atoms with van der Waals surface area (Å²) in [5, 5.41) is 0. The fourth-order valence-corrected chi connectivity index (χ4v) is 3.14. The number of hydrogen-bond acceptors (Lipinski definition) is 3. The number of benzene rings is 1. The van der Waals surface area contributed by atoms with E-state index in [1.807, 2.05) is 0 Å². The van der Waals surface area contributed by atoms with E-state index in [9.17, 15) is 0 Å². The molecule has 0 bridgehead atoms. The maximum absolute atomic E-state index is 6.07. The van der Waals surface area contributed by atoms with Crippen LogP contribution in [0, 0.1) is 5.92 Å². The Labute approximate surface area is 123 Å². The molecular weight excluding hydrogens is 248 g/mol. The molecule has 1 aliphatic heterocycles. The maximum Gasteiger partial charge on any atom is 0.0469 e. The van der Waals surface area contributed by atoms with Gasteiger partial charge in [-0.3, -0.25) is 0 Å². The van der Waals surface area contributed by atoms with Gasteiger partial charge < -0.3 is 15.4 Å². The third-order valence-corrected chi connectivity index (χ3v) is 4.45. The molecule has 112 valence electrons. The minimum atomic E-state index is 0.0289. The summed E-state index contributed by atoms with van der Waals surface area (Å²) in [4.78, 5) is 2.44. The molecule has 0 saturated carbocycles. The van der Waals surface area contributed by atoms with Crippen molar-refractivity contribution in [1.82, 2.24) is 4.90 Å². The van der Waals surface area contributed by atoms with Gasteiger partial charge in [-0.15, -0.1) is 0 Å². The molecule has 1 atom stereocenters. The van der Waals surface area contributed by atoms with Gasteiger partial charge in [0.15, 0.2) is 0 Å². The third-order valence-electron chi connectivity index (χ3n) is 4.45. The molecule has 3 nitrogen and oxygen atoms in total. The van der Waals surface area contributed by atoms with Crippen LogP contribution in [0.4, 0.5) is 0 Å². The van der Waals surface area contributed by atoms with Crippen molar-refractivity contribution in [1.29, 1.82) is 0 Å². The molecule has 1 fully saturated rings. The first kappa shape index (κ1) is 15.5. The Hall–Kier alpha value is -0.900. The second-order valence-electron chi connectivity index (χ2n) is 6.38. The summed E-state index contributed by atoms with van der Waals surface area (Å²) in [6.07, 6.45) is 2.38. The van der Waals surface area contributed by atoms with E-state index in [2.05, 4.69) is 49.2 Å². The molecule has 1 aromatic carbocycles. The lowest BCUT2D eigenvalue weighted by atomic mass is 9.82. The SMILES string of the molecule is CN(CC1CCOCC1)CC(C)(CN)c1ccccc1. The van der Waals surface area contributed by atoms with Gasteiger partial charge in [-0.05, 0) is 31.4 Å². The summed E-state index contributed by atoms with van der Waals surface area (Å²) in [6.45, 7) is 6.94. The molecule has 0 aliphatic carbocycles. The zero-order valence-corrected chi connectivity index (χ0v) is 12.8. The second kappa shape index (κ2) is 7.21. The van der Waals surface area contributed by atoms with Crippen molar-refractivity contribution in [2.45, 2.75) is 25.2 Å². The van der Waals surface area contributed by atoms with Crippen molar-refractivity contribution >= 4 is 0 Å². The predicted octanol–water partition coefficient (Wildman–Crippen LogP) is 2.26. The highest BCUT2D eigenvalue weighted by atomic mass is 16.5. The highest BCUT2D eigenvalue weighted by molar-refractivity contribution is 5.25. The Morgan fingerprint density at radius 3 is 2.50 bits per heavy atom. The van der Waals surface area contributed by atoms with Crippen molar-refractivity contribution in [3.05, 3.63) is 35.9 Å². The molecule has 1 aromatic rings. The van der Waals surface area contributed by atoms with E-state index in [4.69, 9.17) is 10.5 Å². The highest BCUT2D eigenvalue weighted by Gasteiger charge is 2.27. The standard InChI is InChI=1S/C17H28N2O/c1-17(13-18,16-6-4-3-5-7-16)14-19(2)12-15-8-10-20-11-9-15/h3-7,15H,8-14,18H2,1-2H3. The Balaban J connectivity index is 1.94. The monoisotopic (exact) mass is 276 g/mol. The van der Waals surface area contributed by atoms with E-state index < -0.39 is 0 Å². The van der Waals surface area contributed by atoms with Gasteiger partial charge in [-0.25, -0.2) is 0 Å². The van der Waals surface area contributed by atoms with Crippen LogP contribution in [-0.4, -0.2) is 44.8 Å². The van der Waals surface area contributed by atoms with Crippen LogP contribution in [0.3, 0.4) is 0 Å². The van der Waals surface area contributed by atoms with Gasteiger partial charge in [0.2, 0.25) is 0 Å². The normalized spacial score (nSPS) is 20.0. The molecule has 1 unspecified atom stereocenters. The van der Waals surface area contributed by atoms with Crippen LogP contribution in [0.5, 0.6) is 0 Å². The van der Waals surface area contributed by atoms with Crippen LogP contribution in [0.15, 0.2) is 30.3 Å². The van der Waals surface area contributed by atoms with Crippen LogP contribution in [0.1, 0.15) is 25.3 Å². The van der Waals surface area contributed by atoms with Crippen LogP contribution in [0.2, 0.25) is 0 Å². The molecular formula is C17H28N2O. The first-order valence-corrected chi connectivity index (χ1v) is 7.66. The van der Waals surface area contributed by atoms with Gasteiger partial charge in [-0.1, -0.05) is 37.3 Å². The summed E-state index contributed by atoms with van der Waals surface area (Å²) in [7, 11) is 2.21. The summed E-state index contributed by atoms with van der Waals surface area (Å²) in [5.41, 5.74) is 7.44. The van der Waals surface area contributed by atoms with Crippen LogP contribution in [0.25, 0.3) is 0 Å². The maximum atomic E-state index is 6.07. The minimum absolute atomic E-state index is 0.0289. The minimum Gasteiger partial charge on any atom is -0.381 e.